The standard InChI is InChI=1S/C16H20N4O2S/c1-13-11-16(18-12-17-13)19-14-5-7-15(8-6-14)23(21,22)20-9-3-2-4-10-20/h5-8,11-12H,2-4,9-10H2,1H3,(H,17,18,19). The minimum absolute atomic E-state index is 0.337. The predicted octanol–water partition coefficient (Wildman–Crippen LogP) is 2.70. The second-order valence-electron chi connectivity index (χ2n) is 5.66. The highest BCUT2D eigenvalue weighted by Gasteiger charge is 2.25. The number of rotatable bonds is 4. The van der Waals surface area contributed by atoms with Crippen molar-refractivity contribution in [3.63, 3.8) is 0 Å². The molecule has 0 bridgehead atoms. The van der Waals surface area contributed by atoms with Crippen molar-refractivity contribution in [1.82, 2.24) is 14.3 Å². The fourth-order valence-electron chi connectivity index (χ4n) is 2.64. The van der Waals surface area contributed by atoms with Crippen LogP contribution in [-0.2, 0) is 10.0 Å². The minimum Gasteiger partial charge on any atom is -0.340 e. The molecule has 0 unspecified atom stereocenters. The number of aromatic nitrogens is 2. The highest BCUT2D eigenvalue weighted by atomic mass is 32.2. The number of aryl methyl sites for hydroxylation is 1. The average molecular weight is 332 g/mol. The van der Waals surface area contributed by atoms with Crippen molar-refractivity contribution < 1.29 is 8.42 Å². The molecule has 1 saturated heterocycles. The predicted molar refractivity (Wildman–Crippen MR) is 89.1 cm³/mol. The van der Waals surface area contributed by atoms with E-state index >= 15 is 0 Å². The van der Waals surface area contributed by atoms with Gasteiger partial charge in [0.25, 0.3) is 0 Å². The molecule has 1 aliphatic rings. The molecule has 2 aromatic rings. The Hall–Kier alpha value is -1.99. The van der Waals surface area contributed by atoms with Gasteiger partial charge < -0.3 is 5.32 Å². The van der Waals surface area contributed by atoms with Crippen LogP contribution in [0.5, 0.6) is 0 Å². The molecule has 23 heavy (non-hydrogen) atoms. The zero-order valence-electron chi connectivity index (χ0n) is 13.1. The Morgan fingerprint density at radius 1 is 1.04 bits per heavy atom. The van der Waals surface area contributed by atoms with Crippen LogP contribution in [0.2, 0.25) is 0 Å². The van der Waals surface area contributed by atoms with Gasteiger partial charge in [0, 0.05) is 30.5 Å². The highest BCUT2D eigenvalue weighted by molar-refractivity contribution is 7.89. The number of piperidine rings is 1. The molecule has 1 aromatic carbocycles. The van der Waals surface area contributed by atoms with Gasteiger partial charge in [-0.3, -0.25) is 0 Å². The van der Waals surface area contributed by atoms with E-state index in [1.165, 1.54) is 6.33 Å². The zero-order valence-corrected chi connectivity index (χ0v) is 13.9. The van der Waals surface area contributed by atoms with Crippen LogP contribution in [0.15, 0.2) is 41.6 Å². The van der Waals surface area contributed by atoms with Crippen LogP contribution in [0, 0.1) is 6.92 Å². The molecule has 1 aromatic heterocycles. The maximum Gasteiger partial charge on any atom is 0.243 e. The van der Waals surface area contributed by atoms with Gasteiger partial charge in [-0.05, 0) is 44.0 Å². The maximum atomic E-state index is 12.6. The first-order valence-electron chi connectivity index (χ1n) is 7.71. The van der Waals surface area contributed by atoms with E-state index in [4.69, 9.17) is 0 Å². The second kappa shape index (κ2) is 6.64. The lowest BCUT2D eigenvalue weighted by molar-refractivity contribution is 0.346. The number of anilines is 2. The van der Waals surface area contributed by atoms with E-state index < -0.39 is 10.0 Å². The van der Waals surface area contributed by atoms with Crippen LogP contribution in [0.25, 0.3) is 0 Å². The highest BCUT2D eigenvalue weighted by Crippen LogP contribution is 2.23. The van der Waals surface area contributed by atoms with Gasteiger partial charge in [-0.15, -0.1) is 0 Å². The van der Waals surface area contributed by atoms with E-state index in [9.17, 15) is 8.42 Å². The summed E-state index contributed by atoms with van der Waals surface area (Å²) in [7, 11) is -3.38. The summed E-state index contributed by atoms with van der Waals surface area (Å²) in [5.74, 6) is 0.684. The monoisotopic (exact) mass is 332 g/mol. The molecule has 3 rings (SSSR count). The van der Waals surface area contributed by atoms with E-state index in [1.807, 2.05) is 13.0 Å². The quantitative estimate of drug-likeness (QED) is 0.932. The SMILES string of the molecule is Cc1cc(Nc2ccc(S(=O)(=O)N3CCCCC3)cc2)ncn1. The van der Waals surface area contributed by atoms with Gasteiger partial charge >= 0.3 is 0 Å². The van der Waals surface area contributed by atoms with Gasteiger partial charge in [-0.1, -0.05) is 6.42 Å². The van der Waals surface area contributed by atoms with Crippen LogP contribution >= 0.6 is 0 Å². The molecule has 122 valence electrons. The molecule has 1 aliphatic heterocycles. The first-order valence-corrected chi connectivity index (χ1v) is 9.15. The number of benzene rings is 1. The smallest absolute Gasteiger partial charge is 0.243 e. The van der Waals surface area contributed by atoms with Crippen LogP contribution in [-0.4, -0.2) is 35.8 Å². The summed E-state index contributed by atoms with van der Waals surface area (Å²) in [6.45, 7) is 3.12. The van der Waals surface area contributed by atoms with Gasteiger partial charge in [0.15, 0.2) is 0 Å². The fourth-order valence-corrected chi connectivity index (χ4v) is 4.15. The largest absolute Gasteiger partial charge is 0.340 e. The Kier molecular flexibility index (Phi) is 4.58. The summed E-state index contributed by atoms with van der Waals surface area (Å²) < 4.78 is 26.7. The maximum absolute atomic E-state index is 12.6. The molecule has 0 radical (unpaired) electrons. The average Bonchev–Trinajstić information content (AvgIpc) is 2.56. The molecule has 0 amide bonds. The lowest BCUT2D eigenvalue weighted by Gasteiger charge is -2.25. The van der Waals surface area contributed by atoms with Crippen molar-refractivity contribution in [1.29, 1.82) is 0 Å². The van der Waals surface area contributed by atoms with Crippen molar-refractivity contribution in [2.45, 2.75) is 31.1 Å². The third-order valence-corrected chi connectivity index (χ3v) is 5.80. The van der Waals surface area contributed by atoms with E-state index in [2.05, 4.69) is 15.3 Å². The van der Waals surface area contributed by atoms with Gasteiger partial charge in [0.2, 0.25) is 10.0 Å². The normalized spacial score (nSPS) is 16.2. The summed E-state index contributed by atoms with van der Waals surface area (Å²) in [5.41, 5.74) is 1.66. The summed E-state index contributed by atoms with van der Waals surface area (Å²) in [4.78, 5) is 8.51. The van der Waals surface area contributed by atoms with Crippen molar-refractivity contribution >= 4 is 21.5 Å². The van der Waals surface area contributed by atoms with Crippen LogP contribution in [0.4, 0.5) is 11.5 Å². The van der Waals surface area contributed by atoms with Gasteiger partial charge in [-0.25, -0.2) is 18.4 Å². The molecule has 0 aliphatic carbocycles. The second-order valence-corrected chi connectivity index (χ2v) is 7.60. The molecule has 0 spiro atoms. The van der Waals surface area contributed by atoms with Gasteiger partial charge in [0.1, 0.15) is 12.1 Å². The summed E-state index contributed by atoms with van der Waals surface area (Å²) >= 11 is 0. The number of nitrogens with zero attached hydrogens (tertiary/aromatic N) is 3. The number of sulfonamides is 1. The molecule has 2 heterocycles. The van der Waals surface area contributed by atoms with Gasteiger partial charge in [-0.2, -0.15) is 4.31 Å². The first-order chi connectivity index (χ1) is 11.1. The Labute approximate surface area is 136 Å². The third-order valence-electron chi connectivity index (χ3n) is 3.88. The number of hydrogen-bond donors (Lipinski definition) is 1. The molecule has 6 nitrogen and oxygen atoms in total. The van der Waals surface area contributed by atoms with Gasteiger partial charge in [0.05, 0.1) is 4.90 Å². The minimum atomic E-state index is -3.38. The number of hydrogen-bond acceptors (Lipinski definition) is 5. The van der Waals surface area contributed by atoms with Crippen molar-refractivity contribution in [2.75, 3.05) is 18.4 Å². The number of nitrogens with one attached hydrogen (secondary N) is 1. The van der Waals surface area contributed by atoms with Crippen molar-refractivity contribution in [3.05, 3.63) is 42.4 Å². The molecule has 0 atom stereocenters. The zero-order chi connectivity index (χ0) is 16.3. The fraction of sp³-hybridized carbons (Fsp3) is 0.375. The summed E-state index contributed by atoms with van der Waals surface area (Å²) in [6, 6.07) is 8.63. The van der Waals surface area contributed by atoms with Crippen LogP contribution in [0.1, 0.15) is 25.0 Å². The summed E-state index contributed by atoms with van der Waals surface area (Å²) in [6.07, 6.45) is 4.47. The van der Waals surface area contributed by atoms with Crippen molar-refractivity contribution in [2.24, 2.45) is 0 Å². The molecular weight excluding hydrogens is 312 g/mol. The van der Waals surface area contributed by atoms with E-state index in [0.29, 0.717) is 23.8 Å². The first kappa shape index (κ1) is 15.9. The summed E-state index contributed by atoms with van der Waals surface area (Å²) in [5, 5.41) is 3.14. The lowest BCUT2D eigenvalue weighted by atomic mass is 10.2. The topological polar surface area (TPSA) is 75.2 Å². The molecule has 1 fully saturated rings. The van der Waals surface area contributed by atoms with E-state index in [0.717, 1.165) is 30.6 Å². The molecule has 1 N–H and O–H groups in total. The van der Waals surface area contributed by atoms with Crippen LogP contribution < -0.4 is 5.32 Å². The van der Waals surface area contributed by atoms with E-state index in [1.54, 1.807) is 28.6 Å². The molecular formula is C16H20N4O2S. The Morgan fingerprint density at radius 2 is 1.74 bits per heavy atom. The van der Waals surface area contributed by atoms with Crippen LogP contribution in [0.3, 0.4) is 0 Å². The van der Waals surface area contributed by atoms with E-state index in [-0.39, 0.29) is 0 Å². The third kappa shape index (κ3) is 3.68. The Balaban J connectivity index is 1.76. The Morgan fingerprint density at radius 3 is 2.39 bits per heavy atom. The molecule has 7 heteroatoms. The molecule has 0 saturated carbocycles. The lowest BCUT2D eigenvalue weighted by Crippen LogP contribution is -2.35. The Bertz CT molecular complexity index is 769. The van der Waals surface area contributed by atoms with Crippen molar-refractivity contribution in [3.8, 4) is 0 Å².